The van der Waals surface area contributed by atoms with Crippen LogP contribution in [-0.4, -0.2) is 50.4 Å². The number of nitrogens with zero attached hydrogens (tertiary/aromatic N) is 2. The molecule has 1 aromatic heterocycles. The van der Waals surface area contributed by atoms with Crippen molar-refractivity contribution in [1.82, 2.24) is 10.3 Å². The summed E-state index contributed by atoms with van der Waals surface area (Å²) in [7, 11) is 2.68. The Hall–Kier alpha value is -2.31. The molecule has 1 fully saturated rings. The molecule has 0 saturated carbocycles. The molecule has 7 nitrogen and oxygen atoms in total. The lowest BCUT2D eigenvalue weighted by Crippen LogP contribution is -2.37. The van der Waals surface area contributed by atoms with E-state index in [1.807, 2.05) is 4.90 Å². The Morgan fingerprint density at radius 2 is 2.20 bits per heavy atom. The quantitative estimate of drug-likeness (QED) is 0.824. The first-order valence-electron chi connectivity index (χ1n) is 6.28. The number of anilines is 1. The fraction of sp³-hybridized carbons (Fsp3) is 0.462. The fourth-order valence-corrected chi connectivity index (χ4v) is 2.15. The number of hydrogen-bond donors (Lipinski definition) is 1. The Morgan fingerprint density at radius 1 is 1.40 bits per heavy atom. The monoisotopic (exact) mass is 279 g/mol. The molecule has 1 amide bonds. The maximum absolute atomic E-state index is 11.5. The molecule has 108 valence electrons. The highest BCUT2D eigenvalue weighted by Crippen LogP contribution is 2.19. The number of amides is 1. The van der Waals surface area contributed by atoms with Gasteiger partial charge in [-0.2, -0.15) is 0 Å². The van der Waals surface area contributed by atoms with Gasteiger partial charge < -0.3 is 19.7 Å². The minimum atomic E-state index is -0.437. The molecule has 0 spiro atoms. The van der Waals surface area contributed by atoms with E-state index in [2.05, 4.69) is 19.8 Å². The molecule has 2 heterocycles. The van der Waals surface area contributed by atoms with Gasteiger partial charge in [0.2, 0.25) is 0 Å². The van der Waals surface area contributed by atoms with Crippen LogP contribution in [0.3, 0.4) is 0 Å². The van der Waals surface area contributed by atoms with Crippen LogP contribution < -0.4 is 10.2 Å². The molecule has 1 N–H and O–H groups in total. The van der Waals surface area contributed by atoms with Gasteiger partial charge in [0.15, 0.2) is 0 Å². The molecule has 1 saturated heterocycles. The molecule has 0 aliphatic carbocycles. The second-order valence-electron chi connectivity index (χ2n) is 4.46. The summed E-state index contributed by atoms with van der Waals surface area (Å²) in [6.45, 7) is 1.39. The zero-order chi connectivity index (χ0) is 14.5. The summed E-state index contributed by atoms with van der Waals surface area (Å²) in [5.74, 6) is 0.305. The van der Waals surface area contributed by atoms with Crippen molar-refractivity contribution in [3.05, 3.63) is 23.9 Å². The summed E-state index contributed by atoms with van der Waals surface area (Å²) in [5, 5.41) is 2.75. The first-order valence-corrected chi connectivity index (χ1v) is 6.28. The van der Waals surface area contributed by atoms with Gasteiger partial charge in [-0.05, 0) is 18.6 Å². The number of aromatic nitrogens is 1. The molecule has 1 unspecified atom stereocenters. The molecule has 0 aromatic carbocycles. The molecule has 1 aliphatic rings. The average molecular weight is 279 g/mol. The number of hydrogen-bond acceptors (Lipinski definition) is 6. The lowest BCUT2D eigenvalue weighted by Gasteiger charge is -2.18. The van der Waals surface area contributed by atoms with Gasteiger partial charge in [0.05, 0.1) is 25.8 Å². The Morgan fingerprint density at radius 3 is 2.90 bits per heavy atom. The van der Waals surface area contributed by atoms with E-state index in [-0.39, 0.29) is 6.04 Å². The van der Waals surface area contributed by atoms with Crippen LogP contribution in [-0.2, 0) is 9.47 Å². The van der Waals surface area contributed by atoms with Gasteiger partial charge in [-0.1, -0.05) is 0 Å². The van der Waals surface area contributed by atoms with E-state index >= 15 is 0 Å². The lowest BCUT2D eigenvalue weighted by molar-refractivity contribution is 0.0600. The number of pyridine rings is 1. The number of alkyl carbamates (subject to hydrolysis) is 1. The summed E-state index contributed by atoms with van der Waals surface area (Å²) in [6.07, 6.45) is 1.94. The van der Waals surface area contributed by atoms with Crippen LogP contribution in [0.2, 0.25) is 0 Å². The van der Waals surface area contributed by atoms with Gasteiger partial charge in [0.1, 0.15) is 5.82 Å². The molecular formula is C13H17N3O4. The van der Waals surface area contributed by atoms with Crippen molar-refractivity contribution in [1.29, 1.82) is 0 Å². The molecule has 7 heteroatoms. The number of esters is 1. The maximum atomic E-state index is 11.5. The normalized spacial score (nSPS) is 17.7. The summed E-state index contributed by atoms with van der Waals surface area (Å²) in [4.78, 5) is 28.9. The van der Waals surface area contributed by atoms with Crippen LogP contribution >= 0.6 is 0 Å². The van der Waals surface area contributed by atoms with Crippen molar-refractivity contribution < 1.29 is 19.1 Å². The lowest BCUT2D eigenvalue weighted by atomic mass is 10.2. The van der Waals surface area contributed by atoms with Crippen molar-refractivity contribution in [2.45, 2.75) is 12.5 Å². The highest BCUT2D eigenvalue weighted by atomic mass is 16.5. The number of nitrogens with one attached hydrogen (secondary N) is 1. The number of carbonyl (C=O) groups is 2. The Labute approximate surface area is 116 Å². The third-order valence-electron chi connectivity index (χ3n) is 3.19. The Balaban J connectivity index is 2.03. The van der Waals surface area contributed by atoms with E-state index in [4.69, 9.17) is 0 Å². The van der Waals surface area contributed by atoms with Gasteiger partial charge in [-0.15, -0.1) is 0 Å². The van der Waals surface area contributed by atoms with Crippen LogP contribution in [0.1, 0.15) is 16.8 Å². The molecule has 20 heavy (non-hydrogen) atoms. The summed E-state index contributed by atoms with van der Waals surface area (Å²) >= 11 is 0. The van der Waals surface area contributed by atoms with Crippen molar-refractivity contribution in [3.63, 3.8) is 0 Å². The summed E-state index contributed by atoms with van der Waals surface area (Å²) in [5.41, 5.74) is 0.460. The van der Waals surface area contributed by atoms with E-state index in [0.29, 0.717) is 17.9 Å². The number of methoxy groups -OCH3 is 2. The highest BCUT2D eigenvalue weighted by molar-refractivity contribution is 5.90. The predicted molar refractivity (Wildman–Crippen MR) is 71.7 cm³/mol. The summed E-state index contributed by atoms with van der Waals surface area (Å²) < 4.78 is 9.26. The summed E-state index contributed by atoms with van der Waals surface area (Å²) in [6, 6.07) is 3.31. The van der Waals surface area contributed by atoms with E-state index in [0.717, 1.165) is 13.0 Å². The second-order valence-corrected chi connectivity index (χ2v) is 4.46. The molecule has 0 radical (unpaired) electrons. The van der Waals surface area contributed by atoms with Crippen LogP contribution in [0.4, 0.5) is 10.6 Å². The van der Waals surface area contributed by atoms with Gasteiger partial charge in [-0.3, -0.25) is 0 Å². The fourth-order valence-electron chi connectivity index (χ4n) is 2.15. The Bertz CT molecular complexity index is 506. The van der Waals surface area contributed by atoms with Gasteiger partial charge in [-0.25, -0.2) is 14.6 Å². The Kier molecular flexibility index (Phi) is 4.39. The van der Waals surface area contributed by atoms with Crippen molar-refractivity contribution in [2.75, 3.05) is 32.2 Å². The van der Waals surface area contributed by atoms with E-state index in [1.54, 1.807) is 18.3 Å². The van der Waals surface area contributed by atoms with Crippen LogP contribution in [0, 0.1) is 0 Å². The van der Waals surface area contributed by atoms with Crippen LogP contribution in [0.25, 0.3) is 0 Å². The van der Waals surface area contributed by atoms with E-state index < -0.39 is 12.1 Å². The molecular weight excluding hydrogens is 262 g/mol. The predicted octanol–water partition coefficient (Wildman–Crippen LogP) is 0.803. The highest BCUT2D eigenvalue weighted by Gasteiger charge is 2.25. The second kappa shape index (κ2) is 6.23. The molecule has 1 aromatic rings. The van der Waals surface area contributed by atoms with Crippen molar-refractivity contribution >= 4 is 17.9 Å². The standard InChI is InChI=1S/C13H17N3O4/c1-19-12(17)9-3-5-14-11(7-9)16-6-4-10(8-16)15-13(18)20-2/h3,5,7,10H,4,6,8H2,1-2H3,(H,15,18). The molecule has 2 rings (SSSR count). The molecule has 1 aliphatic heterocycles. The SMILES string of the molecule is COC(=O)NC1CCN(c2cc(C(=O)OC)ccn2)C1. The number of carbonyl (C=O) groups excluding carboxylic acids is 2. The first-order chi connectivity index (χ1) is 9.63. The number of ether oxygens (including phenoxy) is 2. The molecule has 0 bridgehead atoms. The van der Waals surface area contributed by atoms with Gasteiger partial charge >= 0.3 is 12.1 Å². The zero-order valence-electron chi connectivity index (χ0n) is 11.5. The largest absolute Gasteiger partial charge is 0.465 e. The zero-order valence-corrected chi connectivity index (χ0v) is 11.5. The minimum Gasteiger partial charge on any atom is -0.465 e. The first kappa shape index (κ1) is 14.1. The third-order valence-corrected chi connectivity index (χ3v) is 3.19. The van der Waals surface area contributed by atoms with Crippen molar-refractivity contribution in [3.8, 4) is 0 Å². The van der Waals surface area contributed by atoms with E-state index in [9.17, 15) is 9.59 Å². The molecule has 1 atom stereocenters. The van der Waals surface area contributed by atoms with Crippen molar-refractivity contribution in [2.24, 2.45) is 0 Å². The van der Waals surface area contributed by atoms with E-state index in [1.165, 1.54) is 14.2 Å². The maximum Gasteiger partial charge on any atom is 0.407 e. The van der Waals surface area contributed by atoms with Gasteiger partial charge in [0, 0.05) is 19.3 Å². The minimum absolute atomic E-state index is 0.0195. The van der Waals surface area contributed by atoms with Crippen LogP contribution in [0.15, 0.2) is 18.3 Å². The smallest absolute Gasteiger partial charge is 0.407 e. The number of rotatable bonds is 3. The van der Waals surface area contributed by atoms with Gasteiger partial charge in [0.25, 0.3) is 0 Å². The average Bonchev–Trinajstić information content (AvgIpc) is 2.94. The third kappa shape index (κ3) is 3.17. The van der Waals surface area contributed by atoms with Crippen LogP contribution in [0.5, 0.6) is 0 Å². The topological polar surface area (TPSA) is 80.8 Å².